The topological polar surface area (TPSA) is 145 Å². The average molecular weight is 289 g/mol. The van der Waals surface area contributed by atoms with Crippen molar-refractivity contribution in [2.24, 2.45) is 5.73 Å². The second kappa shape index (κ2) is 5.87. The monoisotopic (exact) mass is 289 g/mol. The highest BCUT2D eigenvalue weighted by atomic mass is 32.2. The zero-order valence-electron chi connectivity index (χ0n) is 10.2. The molecule has 8 nitrogen and oxygen atoms in total. The van der Waals surface area contributed by atoms with Crippen molar-refractivity contribution < 1.29 is 23.1 Å². The molecule has 0 radical (unpaired) electrons. The largest absolute Gasteiger partial charge is 0.495 e. The van der Waals surface area contributed by atoms with Gasteiger partial charge in [-0.15, -0.1) is 0 Å². The molecule has 9 heteroatoms. The number of primary amides is 1. The molecule has 6 N–H and O–H groups in total. The van der Waals surface area contributed by atoms with Crippen molar-refractivity contribution in [3.05, 3.63) is 18.2 Å². The molecule has 0 aliphatic carbocycles. The fourth-order valence-electron chi connectivity index (χ4n) is 1.23. The standard InChI is InChI=1S/C10H15N3O5S/c1-18-9-4-6(2-3-7(9)11)19(16,17)13-5-8(14)10(12)15/h2-4,8,13-14H,5,11H2,1H3,(H2,12,15). The third kappa shape index (κ3) is 3.81. The zero-order valence-corrected chi connectivity index (χ0v) is 11.0. The Morgan fingerprint density at radius 2 is 2.16 bits per heavy atom. The lowest BCUT2D eigenvalue weighted by Gasteiger charge is -2.11. The number of ether oxygens (including phenoxy) is 1. The number of carbonyl (C=O) groups excluding carboxylic acids is 1. The minimum Gasteiger partial charge on any atom is -0.495 e. The van der Waals surface area contributed by atoms with Gasteiger partial charge in [-0.2, -0.15) is 0 Å². The van der Waals surface area contributed by atoms with E-state index in [1.165, 1.54) is 25.3 Å². The van der Waals surface area contributed by atoms with Gasteiger partial charge in [0.1, 0.15) is 11.9 Å². The van der Waals surface area contributed by atoms with Crippen molar-refractivity contribution in [2.45, 2.75) is 11.0 Å². The molecule has 1 atom stereocenters. The van der Waals surface area contributed by atoms with Crippen LogP contribution in [0.4, 0.5) is 5.69 Å². The first kappa shape index (κ1) is 15.2. The van der Waals surface area contributed by atoms with E-state index in [-0.39, 0.29) is 10.6 Å². The van der Waals surface area contributed by atoms with Crippen LogP contribution in [0.15, 0.2) is 23.1 Å². The summed E-state index contributed by atoms with van der Waals surface area (Å²) in [5.74, 6) is -0.809. The number of amides is 1. The molecule has 0 spiro atoms. The predicted octanol–water partition coefficient (Wildman–Crippen LogP) is -1.60. The lowest BCUT2D eigenvalue weighted by molar-refractivity contribution is -0.125. The number of sulfonamides is 1. The summed E-state index contributed by atoms with van der Waals surface area (Å²) in [6, 6.07) is 3.88. The van der Waals surface area contributed by atoms with Crippen molar-refractivity contribution >= 4 is 21.6 Å². The highest BCUT2D eigenvalue weighted by Gasteiger charge is 2.19. The number of hydrogen-bond acceptors (Lipinski definition) is 6. The predicted molar refractivity (Wildman–Crippen MR) is 67.8 cm³/mol. The van der Waals surface area contributed by atoms with Gasteiger partial charge in [-0.05, 0) is 12.1 Å². The van der Waals surface area contributed by atoms with Crippen LogP contribution in [0.2, 0.25) is 0 Å². The summed E-state index contributed by atoms with van der Waals surface area (Å²) in [5, 5.41) is 9.14. The quantitative estimate of drug-likeness (QED) is 0.464. The van der Waals surface area contributed by atoms with Gasteiger partial charge in [0.05, 0.1) is 17.7 Å². The number of anilines is 1. The second-order valence-corrected chi connectivity index (χ2v) is 5.44. The summed E-state index contributed by atoms with van der Waals surface area (Å²) in [5.41, 5.74) is 10.7. The van der Waals surface area contributed by atoms with Crippen LogP contribution < -0.4 is 20.9 Å². The molecule has 19 heavy (non-hydrogen) atoms. The summed E-state index contributed by atoms with van der Waals surface area (Å²) < 4.78 is 30.7. The van der Waals surface area contributed by atoms with Crippen molar-refractivity contribution in [1.29, 1.82) is 0 Å². The molecule has 1 aromatic carbocycles. The highest BCUT2D eigenvalue weighted by Crippen LogP contribution is 2.24. The number of nitrogens with two attached hydrogens (primary N) is 2. The van der Waals surface area contributed by atoms with Gasteiger partial charge in [0, 0.05) is 12.6 Å². The number of aliphatic hydroxyl groups excluding tert-OH is 1. The molecule has 1 amide bonds. The van der Waals surface area contributed by atoms with Gasteiger partial charge in [-0.25, -0.2) is 13.1 Å². The Morgan fingerprint density at radius 1 is 1.53 bits per heavy atom. The number of aliphatic hydroxyl groups is 1. The van der Waals surface area contributed by atoms with Crippen molar-refractivity contribution in [2.75, 3.05) is 19.4 Å². The van der Waals surface area contributed by atoms with Gasteiger partial charge in [0.15, 0.2) is 0 Å². The molecule has 106 valence electrons. The van der Waals surface area contributed by atoms with E-state index in [0.717, 1.165) is 0 Å². The van der Waals surface area contributed by atoms with Crippen molar-refractivity contribution in [3.8, 4) is 5.75 Å². The van der Waals surface area contributed by atoms with Gasteiger partial charge >= 0.3 is 0 Å². The third-order valence-corrected chi connectivity index (χ3v) is 3.73. The lowest BCUT2D eigenvalue weighted by atomic mass is 10.3. The van der Waals surface area contributed by atoms with Gasteiger partial charge in [-0.1, -0.05) is 0 Å². The molecule has 0 saturated heterocycles. The molecule has 1 aromatic rings. The minimum absolute atomic E-state index is 0.102. The van der Waals surface area contributed by atoms with E-state index >= 15 is 0 Å². The van der Waals surface area contributed by atoms with Crippen LogP contribution in [0.25, 0.3) is 0 Å². The van der Waals surface area contributed by atoms with E-state index in [4.69, 9.17) is 21.3 Å². The number of nitrogens with one attached hydrogen (secondary N) is 1. The van der Waals surface area contributed by atoms with Crippen LogP contribution in [0.3, 0.4) is 0 Å². The van der Waals surface area contributed by atoms with Crippen molar-refractivity contribution in [1.82, 2.24) is 4.72 Å². The van der Waals surface area contributed by atoms with E-state index in [1.807, 2.05) is 0 Å². The molecule has 0 aliphatic rings. The summed E-state index contributed by atoms with van der Waals surface area (Å²) >= 11 is 0. The summed E-state index contributed by atoms with van der Waals surface area (Å²) in [4.78, 5) is 10.5. The average Bonchev–Trinajstić information content (AvgIpc) is 2.36. The summed E-state index contributed by atoms with van der Waals surface area (Å²) in [6.45, 7) is -0.510. The smallest absolute Gasteiger partial charge is 0.247 e. The maximum Gasteiger partial charge on any atom is 0.247 e. The zero-order chi connectivity index (χ0) is 14.6. The van der Waals surface area contributed by atoms with Crippen molar-refractivity contribution in [3.63, 3.8) is 0 Å². The van der Waals surface area contributed by atoms with Crippen LogP contribution >= 0.6 is 0 Å². The van der Waals surface area contributed by atoms with Crippen LogP contribution in [0.1, 0.15) is 0 Å². The maximum atomic E-state index is 11.9. The van der Waals surface area contributed by atoms with Gasteiger partial charge < -0.3 is 21.3 Å². The Balaban J connectivity index is 2.91. The van der Waals surface area contributed by atoms with Crippen LogP contribution in [-0.2, 0) is 14.8 Å². The molecule has 1 rings (SSSR count). The Bertz CT molecular complexity index is 573. The fourth-order valence-corrected chi connectivity index (χ4v) is 2.28. The van der Waals surface area contributed by atoms with E-state index in [2.05, 4.69) is 4.72 Å². The second-order valence-electron chi connectivity index (χ2n) is 3.67. The Kier molecular flexibility index (Phi) is 4.70. The maximum absolute atomic E-state index is 11.9. The Hall–Kier alpha value is -1.84. The molecule has 0 saturated carbocycles. The van der Waals surface area contributed by atoms with E-state index in [9.17, 15) is 13.2 Å². The van der Waals surface area contributed by atoms with E-state index in [0.29, 0.717) is 5.69 Å². The molecule has 0 heterocycles. The first-order chi connectivity index (χ1) is 8.77. The first-order valence-corrected chi connectivity index (χ1v) is 6.67. The van der Waals surface area contributed by atoms with E-state index < -0.39 is 28.6 Å². The lowest BCUT2D eigenvalue weighted by Crippen LogP contribution is -2.39. The molecule has 0 aliphatic heterocycles. The molecular formula is C10H15N3O5S. The number of hydrogen-bond donors (Lipinski definition) is 4. The van der Waals surface area contributed by atoms with Crippen LogP contribution in [-0.4, -0.2) is 39.2 Å². The van der Waals surface area contributed by atoms with Gasteiger partial charge in [-0.3, -0.25) is 4.79 Å². The summed E-state index contributed by atoms with van der Waals surface area (Å²) in [7, 11) is -2.54. The fraction of sp³-hybridized carbons (Fsp3) is 0.300. The number of nitrogen functional groups attached to an aromatic ring is 1. The molecule has 0 aromatic heterocycles. The molecule has 0 bridgehead atoms. The summed E-state index contributed by atoms with van der Waals surface area (Å²) in [6.07, 6.45) is -1.59. The van der Waals surface area contributed by atoms with Gasteiger partial charge in [0.2, 0.25) is 15.9 Å². The minimum atomic E-state index is -3.89. The normalized spacial score (nSPS) is 12.9. The Morgan fingerprint density at radius 3 is 2.68 bits per heavy atom. The van der Waals surface area contributed by atoms with Crippen LogP contribution in [0, 0.1) is 0 Å². The number of benzene rings is 1. The first-order valence-electron chi connectivity index (χ1n) is 5.18. The van der Waals surface area contributed by atoms with Gasteiger partial charge in [0.25, 0.3) is 0 Å². The Labute approximate surface area is 110 Å². The number of methoxy groups -OCH3 is 1. The van der Waals surface area contributed by atoms with Crippen LogP contribution in [0.5, 0.6) is 5.75 Å². The number of carbonyl (C=O) groups is 1. The highest BCUT2D eigenvalue weighted by molar-refractivity contribution is 7.89. The molecule has 1 unspecified atom stereocenters. The molecular weight excluding hydrogens is 274 g/mol. The SMILES string of the molecule is COc1cc(S(=O)(=O)NCC(O)C(N)=O)ccc1N. The third-order valence-electron chi connectivity index (χ3n) is 2.31. The van der Waals surface area contributed by atoms with E-state index in [1.54, 1.807) is 0 Å². The number of rotatable bonds is 6. The molecule has 0 fully saturated rings.